The molecule has 0 saturated carbocycles. The molecule has 0 unspecified atom stereocenters. The summed E-state index contributed by atoms with van der Waals surface area (Å²) < 4.78 is 5.81. The van der Waals surface area contributed by atoms with Crippen molar-refractivity contribution in [2.24, 2.45) is 4.99 Å². The van der Waals surface area contributed by atoms with Crippen LogP contribution in [0.4, 0.5) is 5.69 Å². The van der Waals surface area contributed by atoms with Gasteiger partial charge in [0, 0.05) is 10.6 Å². The molecule has 3 aromatic carbocycles. The number of ether oxygens (including phenoxy) is 1. The van der Waals surface area contributed by atoms with Crippen LogP contribution in [-0.2, 0) is 11.4 Å². The van der Waals surface area contributed by atoms with E-state index in [9.17, 15) is 4.79 Å². The van der Waals surface area contributed by atoms with Crippen LogP contribution in [0.5, 0.6) is 5.75 Å². The highest BCUT2D eigenvalue weighted by Gasteiger charge is 2.24. The number of hydrogen-bond donors (Lipinski definition) is 1. The minimum Gasteiger partial charge on any atom is -0.489 e. The van der Waals surface area contributed by atoms with E-state index in [1.807, 2.05) is 80.6 Å². The summed E-state index contributed by atoms with van der Waals surface area (Å²) in [6.45, 7) is 4.46. The smallest absolute Gasteiger partial charge is 0.264 e. The zero-order chi connectivity index (χ0) is 21.8. The molecule has 6 heteroatoms. The molecular weight excluding hydrogens is 428 g/mol. The number of hydrogen-bond acceptors (Lipinski definition) is 4. The van der Waals surface area contributed by atoms with E-state index in [0.29, 0.717) is 21.7 Å². The van der Waals surface area contributed by atoms with Gasteiger partial charge in [0.1, 0.15) is 12.4 Å². The monoisotopic (exact) mass is 448 g/mol. The van der Waals surface area contributed by atoms with Crippen molar-refractivity contribution in [2.45, 2.75) is 20.5 Å². The van der Waals surface area contributed by atoms with Crippen LogP contribution >= 0.6 is 23.4 Å². The number of nitrogens with zero attached hydrogens (tertiary/aromatic N) is 1. The molecule has 0 aromatic heterocycles. The molecule has 1 fully saturated rings. The molecule has 1 amide bonds. The number of carbonyl (C=O) groups is 1. The molecule has 1 aliphatic rings. The Labute approximate surface area is 191 Å². The number of rotatable bonds is 5. The van der Waals surface area contributed by atoms with Gasteiger partial charge in [-0.3, -0.25) is 4.79 Å². The van der Waals surface area contributed by atoms with Gasteiger partial charge in [0.15, 0.2) is 5.17 Å². The van der Waals surface area contributed by atoms with Gasteiger partial charge >= 0.3 is 0 Å². The van der Waals surface area contributed by atoms with Crippen molar-refractivity contribution >= 4 is 46.2 Å². The summed E-state index contributed by atoms with van der Waals surface area (Å²) in [5, 5.41) is 4.11. The van der Waals surface area contributed by atoms with Crippen LogP contribution in [-0.4, -0.2) is 11.1 Å². The van der Waals surface area contributed by atoms with Gasteiger partial charge in [0.2, 0.25) is 0 Å². The van der Waals surface area contributed by atoms with Crippen molar-refractivity contribution in [3.05, 3.63) is 98.9 Å². The van der Waals surface area contributed by atoms with Gasteiger partial charge in [-0.15, -0.1) is 0 Å². The third-order valence-corrected chi connectivity index (χ3v) is 6.03. The summed E-state index contributed by atoms with van der Waals surface area (Å²) in [5.41, 5.74) is 4.96. The maximum atomic E-state index is 12.4. The topological polar surface area (TPSA) is 50.7 Å². The van der Waals surface area contributed by atoms with Gasteiger partial charge in [0.05, 0.1) is 10.6 Å². The molecule has 31 heavy (non-hydrogen) atoms. The summed E-state index contributed by atoms with van der Waals surface area (Å²) >= 11 is 7.50. The van der Waals surface area contributed by atoms with Crippen LogP contribution in [0.1, 0.15) is 22.3 Å². The molecule has 0 atom stereocenters. The molecule has 4 rings (SSSR count). The number of carbonyl (C=O) groups excluding carboxylic acids is 1. The van der Waals surface area contributed by atoms with Gasteiger partial charge < -0.3 is 10.1 Å². The first-order valence-corrected chi connectivity index (χ1v) is 11.0. The highest BCUT2D eigenvalue weighted by Crippen LogP contribution is 2.30. The van der Waals surface area contributed by atoms with E-state index in [0.717, 1.165) is 28.1 Å². The highest BCUT2D eigenvalue weighted by atomic mass is 35.5. The van der Waals surface area contributed by atoms with Crippen molar-refractivity contribution in [3.63, 3.8) is 0 Å². The van der Waals surface area contributed by atoms with Crippen LogP contribution in [0.3, 0.4) is 0 Å². The van der Waals surface area contributed by atoms with Gasteiger partial charge in [0.25, 0.3) is 5.91 Å². The van der Waals surface area contributed by atoms with E-state index in [4.69, 9.17) is 16.3 Å². The van der Waals surface area contributed by atoms with Crippen molar-refractivity contribution in [1.29, 1.82) is 0 Å². The maximum Gasteiger partial charge on any atom is 0.264 e. The number of amidine groups is 1. The molecule has 1 N–H and O–H groups in total. The van der Waals surface area contributed by atoms with Gasteiger partial charge in [-0.05, 0) is 67.1 Å². The third-order valence-electron chi connectivity index (χ3n) is 4.76. The largest absolute Gasteiger partial charge is 0.489 e. The number of amides is 1. The lowest BCUT2D eigenvalue weighted by atomic mass is 10.1. The Morgan fingerprint density at radius 3 is 2.58 bits per heavy atom. The van der Waals surface area contributed by atoms with Crippen LogP contribution < -0.4 is 10.1 Å². The van der Waals surface area contributed by atoms with Crippen LogP contribution in [0.15, 0.2) is 76.6 Å². The van der Waals surface area contributed by atoms with Crippen molar-refractivity contribution in [2.75, 3.05) is 0 Å². The number of aryl methyl sites for hydroxylation is 2. The van der Waals surface area contributed by atoms with Crippen LogP contribution in [0.2, 0.25) is 5.02 Å². The predicted molar refractivity (Wildman–Crippen MR) is 129 cm³/mol. The molecule has 0 spiro atoms. The summed E-state index contributed by atoms with van der Waals surface area (Å²) in [5.74, 6) is 0.593. The van der Waals surface area contributed by atoms with E-state index in [1.54, 1.807) is 0 Å². The number of benzene rings is 3. The average Bonchev–Trinajstić information content (AvgIpc) is 3.09. The van der Waals surface area contributed by atoms with Crippen LogP contribution in [0.25, 0.3) is 6.08 Å². The zero-order valence-electron chi connectivity index (χ0n) is 17.2. The predicted octanol–water partition coefficient (Wildman–Crippen LogP) is 6.43. The Balaban J connectivity index is 1.43. The molecule has 1 heterocycles. The normalized spacial score (nSPS) is 16.0. The third kappa shape index (κ3) is 5.37. The second kappa shape index (κ2) is 9.41. The number of halogens is 1. The molecule has 0 aliphatic carbocycles. The Hall–Kier alpha value is -3.02. The average molecular weight is 449 g/mol. The Bertz CT molecular complexity index is 1190. The lowest BCUT2D eigenvalue weighted by molar-refractivity contribution is -0.115. The SMILES string of the molecule is Cc1ccc(N=C2NC(=O)/C(=C\c3ccc(OCc4ccccc4Cl)cc3)S2)c(C)c1. The van der Waals surface area contributed by atoms with E-state index in [-0.39, 0.29) is 5.91 Å². The number of thioether (sulfide) groups is 1. The highest BCUT2D eigenvalue weighted by molar-refractivity contribution is 8.18. The molecule has 3 aromatic rings. The second-order valence-corrected chi connectivity index (χ2v) is 8.66. The first-order chi connectivity index (χ1) is 15.0. The van der Waals surface area contributed by atoms with Crippen molar-refractivity contribution in [1.82, 2.24) is 5.32 Å². The summed E-state index contributed by atoms with van der Waals surface area (Å²) in [4.78, 5) is 17.6. The molecule has 0 radical (unpaired) electrons. The molecule has 4 nitrogen and oxygen atoms in total. The van der Waals surface area contributed by atoms with Gasteiger partial charge in [-0.2, -0.15) is 0 Å². The lowest BCUT2D eigenvalue weighted by Crippen LogP contribution is -2.19. The lowest BCUT2D eigenvalue weighted by Gasteiger charge is -2.08. The van der Waals surface area contributed by atoms with Gasteiger partial charge in [-0.1, -0.05) is 59.6 Å². The second-order valence-electron chi connectivity index (χ2n) is 7.22. The molecule has 1 saturated heterocycles. The van der Waals surface area contributed by atoms with Crippen molar-refractivity contribution in [3.8, 4) is 5.75 Å². The first-order valence-electron chi connectivity index (χ1n) is 9.81. The Morgan fingerprint density at radius 1 is 1.06 bits per heavy atom. The summed E-state index contributed by atoms with van der Waals surface area (Å²) in [6, 6.07) is 21.3. The molecule has 156 valence electrons. The fourth-order valence-electron chi connectivity index (χ4n) is 3.11. The summed E-state index contributed by atoms with van der Waals surface area (Å²) in [7, 11) is 0. The first kappa shape index (κ1) is 21.2. The Morgan fingerprint density at radius 2 is 1.84 bits per heavy atom. The quantitative estimate of drug-likeness (QED) is 0.457. The fraction of sp³-hybridized carbons (Fsp3) is 0.120. The minimum absolute atomic E-state index is 0.146. The Kier molecular flexibility index (Phi) is 6.44. The number of nitrogens with one attached hydrogen (secondary N) is 1. The van der Waals surface area contributed by atoms with E-state index >= 15 is 0 Å². The standard InChI is InChI=1S/C25H21ClN2O2S/c1-16-7-12-22(17(2)13-16)27-25-28-24(29)23(31-25)14-18-8-10-20(11-9-18)30-15-19-5-3-4-6-21(19)26/h3-14H,15H2,1-2H3,(H,27,28,29)/b23-14+. The van der Waals surface area contributed by atoms with E-state index in [2.05, 4.69) is 16.4 Å². The molecule has 0 bridgehead atoms. The van der Waals surface area contributed by atoms with E-state index < -0.39 is 0 Å². The van der Waals surface area contributed by atoms with Crippen LogP contribution in [0, 0.1) is 13.8 Å². The summed E-state index contributed by atoms with van der Waals surface area (Å²) in [6.07, 6.45) is 1.85. The maximum absolute atomic E-state index is 12.4. The molecular formula is C25H21ClN2O2S. The fourth-order valence-corrected chi connectivity index (χ4v) is 4.13. The number of aliphatic imine (C=N–C) groups is 1. The van der Waals surface area contributed by atoms with Crippen molar-refractivity contribution < 1.29 is 9.53 Å². The van der Waals surface area contributed by atoms with Gasteiger partial charge in [-0.25, -0.2) is 4.99 Å². The zero-order valence-corrected chi connectivity index (χ0v) is 18.8. The molecule has 1 aliphatic heterocycles. The minimum atomic E-state index is -0.146. The van der Waals surface area contributed by atoms with E-state index in [1.165, 1.54) is 17.3 Å².